The van der Waals surface area contributed by atoms with Crippen molar-refractivity contribution in [2.24, 2.45) is 16.3 Å². The molecule has 2 saturated heterocycles. The lowest BCUT2D eigenvalue weighted by molar-refractivity contribution is -0.0824. The van der Waals surface area contributed by atoms with Crippen molar-refractivity contribution in [3.05, 3.63) is 18.0 Å². The number of hydrogen-bond donors (Lipinski definition) is 1. The maximum Gasteiger partial charge on any atom is 0.194 e. The van der Waals surface area contributed by atoms with Crippen LogP contribution >= 0.6 is 0 Å². The van der Waals surface area contributed by atoms with Gasteiger partial charge >= 0.3 is 0 Å². The summed E-state index contributed by atoms with van der Waals surface area (Å²) < 4.78 is 11.1. The summed E-state index contributed by atoms with van der Waals surface area (Å²) in [4.78, 5) is 9.84. The number of aliphatic imine (C=N–C) groups is 1. The smallest absolute Gasteiger partial charge is 0.194 e. The van der Waals surface area contributed by atoms with Crippen molar-refractivity contribution in [1.29, 1.82) is 0 Å². The number of nitrogens with one attached hydrogen (secondary N) is 1. The molecule has 1 aromatic heterocycles. The number of guanidine groups is 1. The molecule has 0 radical (unpaired) electrons. The first-order valence-electron chi connectivity index (χ1n) is 10.7. The molecule has 0 amide bonds. The van der Waals surface area contributed by atoms with Crippen LogP contribution in [-0.2, 0) is 11.3 Å². The lowest BCUT2D eigenvalue weighted by Crippen LogP contribution is -2.52. The number of hydrogen-bond acceptors (Lipinski definition) is 5. The number of rotatable bonds is 5. The van der Waals surface area contributed by atoms with E-state index in [1.54, 1.807) is 6.26 Å². The number of nitrogens with zero attached hydrogens (tertiary/aromatic N) is 4. The summed E-state index contributed by atoms with van der Waals surface area (Å²) in [6, 6.07) is 1.94. The topological polar surface area (TPSA) is 66.1 Å². The fraction of sp³-hybridized carbons (Fsp3) is 0.810. The third-order valence-corrected chi connectivity index (χ3v) is 5.66. The number of piperazine rings is 1. The van der Waals surface area contributed by atoms with Crippen LogP contribution in [0, 0.1) is 11.3 Å². The first kappa shape index (κ1) is 21.1. The average molecular weight is 392 g/mol. The highest BCUT2D eigenvalue weighted by Gasteiger charge is 2.35. The molecule has 3 rings (SSSR count). The molecule has 0 saturated carbocycles. The summed E-state index contributed by atoms with van der Waals surface area (Å²) >= 11 is 0. The van der Waals surface area contributed by atoms with Crippen molar-refractivity contribution in [3.63, 3.8) is 0 Å². The van der Waals surface area contributed by atoms with Gasteiger partial charge in [-0.3, -0.25) is 9.89 Å². The minimum absolute atomic E-state index is 0.158. The highest BCUT2D eigenvalue weighted by molar-refractivity contribution is 5.80. The molecule has 28 heavy (non-hydrogen) atoms. The predicted octanol–water partition coefficient (Wildman–Crippen LogP) is 2.60. The lowest BCUT2D eigenvalue weighted by atomic mass is 9.78. The number of ether oxygens (including phenoxy) is 1. The van der Waals surface area contributed by atoms with Gasteiger partial charge in [0.25, 0.3) is 0 Å². The first-order chi connectivity index (χ1) is 13.5. The van der Waals surface area contributed by atoms with Crippen molar-refractivity contribution in [3.8, 4) is 0 Å². The molecular formula is C21H37N5O2. The van der Waals surface area contributed by atoms with Crippen molar-refractivity contribution in [2.45, 2.75) is 53.2 Å². The van der Waals surface area contributed by atoms with Crippen molar-refractivity contribution in [2.75, 3.05) is 45.9 Å². The second kappa shape index (κ2) is 9.74. The van der Waals surface area contributed by atoms with Gasteiger partial charge in [-0.1, -0.05) is 25.9 Å². The molecule has 3 heterocycles. The van der Waals surface area contributed by atoms with E-state index in [1.807, 2.05) is 6.07 Å². The molecule has 2 atom stereocenters. The molecule has 2 aliphatic heterocycles. The highest BCUT2D eigenvalue weighted by Crippen LogP contribution is 2.34. The maximum atomic E-state index is 6.13. The van der Waals surface area contributed by atoms with Gasteiger partial charge in [-0.15, -0.1) is 0 Å². The van der Waals surface area contributed by atoms with E-state index >= 15 is 0 Å². The second-order valence-electron chi connectivity index (χ2n) is 9.01. The summed E-state index contributed by atoms with van der Waals surface area (Å²) in [7, 11) is 0. The van der Waals surface area contributed by atoms with Gasteiger partial charge in [-0.25, -0.2) is 0 Å². The minimum atomic E-state index is 0.158. The summed E-state index contributed by atoms with van der Waals surface area (Å²) in [5, 5.41) is 7.52. The van der Waals surface area contributed by atoms with E-state index in [2.05, 4.69) is 48.0 Å². The lowest BCUT2D eigenvalue weighted by Gasteiger charge is -2.40. The Balaban J connectivity index is 1.56. The van der Waals surface area contributed by atoms with Crippen LogP contribution in [-0.4, -0.2) is 72.9 Å². The Hall–Kier alpha value is -1.60. The Labute approximate surface area is 169 Å². The third-order valence-electron chi connectivity index (χ3n) is 5.66. The van der Waals surface area contributed by atoms with Gasteiger partial charge < -0.3 is 19.5 Å². The fourth-order valence-corrected chi connectivity index (χ4v) is 4.28. The molecule has 2 fully saturated rings. The highest BCUT2D eigenvalue weighted by atomic mass is 16.5. The van der Waals surface area contributed by atoms with E-state index in [4.69, 9.17) is 14.3 Å². The van der Waals surface area contributed by atoms with Crippen LogP contribution in [0.4, 0.5) is 0 Å². The normalized spacial score (nSPS) is 25.1. The minimum Gasteiger partial charge on any atom is -0.377 e. The van der Waals surface area contributed by atoms with E-state index in [0.717, 1.165) is 70.5 Å². The van der Waals surface area contributed by atoms with Gasteiger partial charge in [0.1, 0.15) is 6.26 Å². The Kier molecular flexibility index (Phi) is 7.35. The standard InChI is InChI=1S/C21H37N5O2/c1-5-22-20(23-15-17-7-6-13-27-19(17)21(2,3)4)26-11-9-25(10-12-26)16-18-8-14-28-24-18/h8,14,17,19H,5-7,9-13,15-16H2,1-4H3,(H,22,23). The van der Waals surface area contributed by atoms with Gasteiger partial charge in [0.15, 0.2) is 5.96 Å². The molecule has 1 N–H and O–H groups in total. The molecule has 2 unspecified atom stereocenters. The van der Waals surface area contributed by atoms with E-state index in [1.165, 1.54) is 6.42 Å². The second-order valence-corrected chi connectivity index (χ2v) is 9.01. The zero-order chi connectivity index (χ0) is 20.0. The maximum absolute atomic E-state index is 6.13. The van der Waals surface area contributed by atoms with Crippen molar-refractivity contribution in [1.82, 2.24) is 20.3 Å². The summed E-state index contributed by atoms with van der Waals surface area (Å²) in [6.07, 6.45) is 4.27. The monoisotopic (exact) mass is 391 g/mol. The third kappa shape index (κ3) is 5.70. The van der Waals surface area contributed by atoms with Crippen LogP contribution in [0.25, 0.3) is 0 Å². The summed E-state index contributed by atoms with van der Waals surface area (Å²) in [6.45, 7) is 16.4. The van der Waals surface area contributed by atoms with Crippen molar-refractivity contribution < 1.29 is 9.26 Å². The van der Waals surface area contributed by atoms with Crippen LogP contribution in [0.15, 0.2) is 21.8 Å². The predicted molar refractivity (Wildman–Crippen MR) is 111 cm³/mol. The van der Waals surface area contributed by atoms with Gasteiger partial charge in [0.2, 0.25) is 0 Å². The Morgan fingerprint density at radius 2 is 2.07 bits per heavy atom. The van der Waals surface area contributed by atoms with Crippen LogP contribution in [0.2, 0.25) is 0 Å². The Bertz CT molecular complexity index is 603. The Morgan fingerprint density at radius 3 is 2.71 bits per heavy atom. The number of aromatic nitrogens is 1. The molecule has 0 bridgehead atoms. The molecule has 0 spiro atoms. The fourth-order valence-electron chi connectivity index (χ4n) is 4.28. The zero-order valence-electron chi connectivity index (χ0n) is 18.0. The van der Waals surface area contributed by atoms with Crippen molar-refractivity contribution >= 4 is 5.96 Å². The molecule has 2 aliphatic rings. The van der Waals surface area contributed by atoms with E-state index in [0.29, 0.717) is 5.92 Å². The van der Waals surface area contributed by atoms with E-state index in [9.17, 15) is 0 Å². The van der Waals surface area contributed by atoms with Gasteiger partial charge in [-0.05, 0) is 25.2 Å². The molecule has 1 aromatic rings. The van der Waals surface area contributed by atoms with Gasteiger partial charge in [0, 0.05) is 64.4 Å². The van der Waals surface area contributed by atoms with Gasteiger partial charge in [-0.2, -0.15) is 0 Å². The molecular weight excluding hydrogens is 354 g/mol. The van der Waals surface area contributed by atoms with E-state index < -0.39 is 0 Å². The SMILES string of the molecule is CCNC(=NCC1CCCOC1C(C)(C)C)N1CCN(Cc2ccon2)CC1. The zero-order valence-corrected chi connectivity index (χ0v) is 18.0. The Morgan fingerprint density at radius 1 is 1.29 bits per heavy atom. The van der Waals surface area contributed by atoms with Crippen LogP contribution in [0.5, 0.6) is 0 Å². The first-order valence-corrected chi connectivity index (χ1v) is 10.7. The average Bonchev–Trinajstić information content (AvgIpc) is 3.18. The summed E-state index contributed by atoms with van der Waals surface area (Å²) in [5.74, 6) is 1.54. The molecule has 0 aromatic carbocycles. The summed E-state index contributed by atoms with van der Waals surface area (Å²) in [5.41, 5.74) is 1.16. The van der Waals surface area contributed by atoms with E-state index in [-0.39, 0.29) is 11.5 Å². The molecule has 7 nitrogen and oxygen atoms in total. The molecule has 0 aliphatic carbocycles. The molecule has 158 valence electrons. The van der Waals surface area contributed by atoms with Crippen LogP contribution in [0.3, 0.4) is 0 Å². The van der Waals surface area contributed by atoms with Crippen LogP contribution < -0.4 is 5.32 Å². The quantitative estimate of drug-likeness (QED) is 0.615. The molecule has 7 heteroatoms. The van der Waals surface area contributed by atoms with Crippen LogP contribution in [0.1, 0.15) is 46.2 Å². The largest absolute Gasteiger partial charge is 0.377 e. The van der Waals surface area contributed by atoms with Gasteiger partial charge in [0.05, 0.1) is 11.8 Å².